The van der Waals surface area contributed by atoms with Crippen LogP contribution in [-0.2, 0) is 0 Å². The van der Waals surface area contributed by atoms with Crippen LogP contribution in [0.2, 0.25) is 0 Å². The summed E-state index contributed by atoms with van der Waals surface area (Å²) in [4.78, 5) is 27.7. The Hall–Kier alpha value is -1.58. The van der Waals surface area contributed by atoms with Crippen LogP contribution >= 0.6 is 0 Å². The Morgan fingerprint density at radius 2 is 2.25 bits per heavy atom. The van der Waals surface area contributed by atoms with Crippen molar-refractivity contribution < 1.29 is 4.79 Å². The smallest absolute Gasteiger partial charge is 0.260 e. The number of nitrogens with zero attached hydrogens (tertiary/aromatic N) is 1. The molecule has 1 aliphatic carbocycles. The third-order valence-corrected chi connectivity index (χ3v) is 3.28. The fourth-order valence-electron chi connectivity index (χ4n) is 1.86. The fraction of sp³-hybridized carbons (Fsp3) is 0.500. The number of H-pyrrole nitrogens is 1. The van der Waals surface area contributed by atoms with E-state index in [0.717, 1.165) is 0 Å². The fourth-order valence-corrected chi connectivity index (χ4v) is 1.86. The molecule has 1 fully saturated rings. The van der Waals surface area contributed by atoms with Crippen molar-refractivity contribution in [3.63, 3.8) is 0 Å². The van der Waals surface area contributed by atoms with Gasteiger partial charge in [-0.15, -0.1) is 0 Å². The van der Waals surface area contributed by atoms with Gasteiger partial charge in [-0.1, -0.05) is 0 Å². The third-order valence-electron chi connectivity index (χ3n) is 3.28. The molecular formula is C12H16N2O2. The second kappa shape index (κ2) is 4.12. The van der Waals surface area contributed by atoms with Gasteiger partial charge in [0.1, 0.15) is 5.56 Å². The average molecular weight is 220 g/mol. The van der Waals surface area contributed by atoms with Crippen molar-refractivity contribution in [3.05, 3.63) is 34.2 Å². The van der Waals surface area contributed by atoms with E-state index >= 15 is 0 Å². The van der Waals surface area contributed by atoms with Gasteiger partial charge in [-0.05, 0) is 37.8 Å². The molecule has 1 atom stereocenters. The minimum atomic E-state index is -0.317. The van der Waals surface area contributed by atoms with Crippen molar-refractivity contribution in [3.8, 4) is 0 Å². The molecule has 0 unspecified atom stereocenters. The molecule has 2 rings (SSSR count). The number of rotatable bonds is 3. The zero-order chi connectivity index (χ0) is 11.7. The highest BCUT2D eigenvalue weighted by molar-refractivity contribution is 5.93. The molecule has 0 spiro atoms. The maximum absolute atomic E-state index is 12.0. The topological polar surface area (TPSA) is 53.2 Å². The maximum Gasteiger partial charge on any atom is 0.260 e. The Kier molecular flexibility index (Phi) is 2.81. The first-order valence-electron chi connectivity index (χ1n) is 5.56. The van der Waals surface area contributed by atoms with Crippen molar-refractivity contribution in [2.24, 2.45) is 5.92 Å². The Bertz CT molecular complexity index is 448. The molecule has 16 heavy (non-hydrogen) atoms. The Morgan fingerprint density at radius 3 is 2.81 bits per heavy atom. The average Bonchev–Trinajstić information content (AvgIpc) is 3.11. The van der Waals surface area contributed by atoms with Crippen LogP contribution in [0.15, 0.2) is 23.1 Å². The summed E-state index contributed by atoms with van der Waals surface area (Å²) in [5.41, 5.74) is -0.0974. The van der Waals surface area contributed by atoms with Gasteiger partial charge in [-0.2, -0.15) is 0 Å². The van der Waals surface area contributed by atoms with Crippen LogP contribution in [0.1, 0.15) is 30.1 Å². The number of hydrogen-bond donors (Lipinski definition) is 1. The summed E-state index contributed by atoms with van der Waals surface area (Å²) in [6.45, 7) is 2.03. The van der Waals surface area contributed by atoms with Gasteiger partial charge in [0.2, 0.25) is 0 Å². The molecule has 1 N–H and O–H groups in total. The number of carbonyl (C=O) groups excluding carboxylic acids is 1. The van der Waals surface area contributed by atoms with E-state index in [0.29, 0.717) is 5.92 Å². The summed E-state index contributed by atoms with van der Waals surface area (Å²) in [6, 6.07) is 3.45. The predicted molar refractivity (Wildman–Crippen MR) is 61.3 cm³/mol. The molecule has 1 amide bonds. The molecule has 0 aromatic carbocycles. The minimum absolute atomic E-state index is 0.193. The van der Waals surface area contributed by atoms with Gasteiger partial charge in [0.15, 0.2) is 0 Å². The maximum atomic E-state index is 12.0. The number of nitrogens with one attached hydrogen (secondary N) is 1. The molecule has 1 aliphatic rings. The first-order chi connectivity index (χ1) is 7.61. The van der Waals surface area contributed by atoms with E-state index in [1.54, 1.807) is 24.1 Å². The molecule has 86 valence electrons. The van der Waals surface area contributed by atoms with Gasteiger partial charge >= 0.3 is 0 Å². The van der Waals surface area contributed by atoms with Crippen LogP contribution in [0, 0.1) is 5.92 Å². The lowest BCUT2D eigenvalue weighted by Crippen LogP contribution is -2.38. The number of aromatic amines is 1. The van der Waals surface area contributed by atoms with Crippen LogP contribution in [0.4, 0.5) is 0 Å². The predicted octanol–water partition coefficient (Wildman–Crippen LogP) is 1.25. The number of aromatic nitrogens is 1. The number of hydrogen-bond acceptors (Lipinski definition) is 2. The van der Waals surface area contributed by atoms with Crippen molar-refractivity contribution in [2.75, 3.05) is 7.05 Å². The number of carbonyl (C=O) groups is 1. The summed E-state index contributed by atoms with van der Waals surface area (Å²) < 4.78 is 0. The summed E-state index contributed by atoms with van der Waals surface area (Å²) >= 11 is 0. The van der Waals surface area contributed by atoms with Gasteiger partial charge < -0.3 is 9.88 Å². The van der Waals surface area contributed by atoms with Crippen LogP contribution in [0.25, 0.3) is 0 Å². The first-order valence-corrected chi connectivity index (χ1v) is 5.56. The monoisotopic (exact) mass is 220 g/mol. The highest BCUT2D eigenvalue weighted by Gasteiger charge is 2.33. The Balaban J connectivity index is 2.18. The lowest BCUT2D eigenvalue weighted by molar-refractivity contribution is 0.0725. The highest BCUT2D eigenvalue weighted by atomic mass is 16.2. The van der Waals surface area contributed by atoms with Crippen LogP contribution in [0.5, 0.6) is 0 Å². The second-order valence-electron chi connectivity index (χ2n) is 4.41. The lowest BCUT2D eigenvalue weighted by atomic mass is 10.1. The number of amides is 1. The van der Waals surface area contributed by atoms with E-state index in [2.05, 4.69) is 4.98 Å². The van der Waals surface area contributed by atoms with E-state index in [4.69, 9.17) is 0 Å². The molecular weight excluding hydrogens is 204 g/mol. The molecule has 1 aromatic heterocycles. The molecule has 1 heterocycles. The number of pyridine rings is 1. The molecule has 0 saturated heterocycles. The summed E-state index contributed by atoms with van der Waals surface area (Å²) in [6.07, 6.45) is 3.90. The van der Waals surface area contributed by atoms with E-state index in [1.807, 2.05) is 6.92 Å². The van der Waals surface area contributed by atoms with Gasteiger partial charge in [-0.25, -0.2) is 0 Å². The van der Waals surface area contributed by atoms with Gasteiger partial charge in [-0.3, -0.25) is 9.59 Å². The SMILES string of the molecule is C[C@H](C1CC1)N(C)C(=O)c1ccc[nH]c1=O. The largest absolute Gasteiger partial charge is 0.339 e. The molecule has 0 aliphatic heterocycles. The van der Waals surface area contributed by atoms with Crippen molar-refractivity contribution in [1.82, 2.24) is 9.88 Å². The van der Waals surface area contributed by atoms with Gasteiger partial charge in [0, 0.05) is 19.3 Å². The standard InChI is InChI=1S/C12H16N2O2/c1-8(9-5-6-9)14(2)12(16)10-4-3-7-13-11(10)15/h3-4,7-9H,5-6H2,1-2H3,(H,13,15)/t8-/m1/s1. The summed E-state index contributed by atoms with van der Waals surface area (Å²) in [7, 11) is 1.76. The minimum Gasteiger partial charge on any atom is -0.339 e. The third kappa shape index (κ3) is 2.01. The van der Waals surface area contributed by atoms with E-state index < -0.39 is 0 Å². The van der Waals surface area contributed by atoms with Crippen molar-refractivity contribution in [2.45, 2.75) is 25.8 Å². The van der Waals surface area contributed by atoms with Gasteiger partial charge in [0.25, 0.3) is 11.5 Å². The lowest BCUT2D eigenvalue weighted by Gasteiger charge is -2.24. The first kappa shape index (κ1) is 10.9. The van der Waals surface area contributed by atoms with Gasteiger partial charge in [0.05, 0.1) is 0 Å². The zero-order valence-electron chi connectivity index (χ0n) is 9.56. The van der Waals surface area contributed by atoms with Crippen LogP contribution in [0.3, 0.4) is 0 Å². The molecule has 1 saturated carbocycles. The Labute approximate surface area is 94.3 Å². The van der Waals surface area contributed by atoms with Crippen LogP contribution in [-0.4, -0.2) is 28.9 Å². The molecule has 1 aromatic rings. The van der Waals surface area contributed by atoms with E-state index in [-0.39, 0.29) is 23.1 Å². The van der Waals surface area contributed by atoms with Crippen LogP contribution < -0.4 is 5.56 Å². The second-order valence-corrected chi connectivity index (χ2v) is 4.41. The molecule has 0 bridgehead atoms. The zero-order valence-corrected chi connectivity index (χ0v) is 9.56. The normalized spacial score (nSPS) is 16.9. The molecule has 0 radical (unpaired) electrons. The van der Waals surface area contributed by atoms with Crippen molar-refractivity contribution in [1.29, 1.82) is 0 Å². The van der Waals surface area contributed by atoms with E-state index in [9.17, 15) is 9.59 Å². The molecule has 4 nitrogen and oxygen atoms in total. The quantitative estimate of drug-likeness (QED) is 0.833. The summed E-state index contributed by atoms with van der Waals surface area (Å²) in [5.74, 6) is 0.415. The Morgan fingerprint density at radius 1 is 1.56 bits per heavy atom. The van der Waals surface area contributed by atoms with Crippen molar-refractivity contribution >= 4 is 5.91 Å². The van der Waals surface area contributed by atoms with E-state index in [1.165, 1.54) is 19.0 Å². The highest BCUT2D eigenvalue weighted by Crippen LogP contribution is 2.34. The summed E-state index contributed by atoms with van der Waals surface area (Å²) in [5, 5.41) is 0. The molecule has 4 heteroatoms.